The fraction of sp³-hybridized carbons (Fsp3) is 0.818. The molecule has 3 heterocycles. The Bertz CT molecular complexity index is 727. The standard InChI is InChI=1S/C22H30N2O3/c25-21(26-17-11-15-3-4-16(12-17)23-15)18-19(24-27-20(18)14-1-2-14)13-5-7-22(8-6-13)9-10-22/h13-17,23H,1-12H2. The highest BCUT2D eigenvalue weighted by molar-refractivity contribution is 5.92. The number of rotatable bonds is 4. The van der Waals surface area contributed by atoms with Crippen LogP contribution in [0.3, 0.4) is 0 Å². The van der Waals surface area contributed by atoms with Gasteiger partial charge >= 0.3 is 5.97 Å². The van der Waals surface area contributed by atoms with E-state index in [1.807, 2.05) is 0 Å². The summed E-state index contributed by atoms with van der Waals surface area (Å²) in [5.41, 5.74) is 2.27. The van der Waals surface area contributed by atoms with Crippen LogP contribution in [0.25, 0.3) is 0 Å². The minimum Gasteiger partial charge on any atom is -0.459 e. The molecule has 1 aromatic heterocycles. The Morgan fingerprint density at radius 3 is 2.30 bits per heavy atom. The number of piperidine rings is 1. The monoisotopic (exact) mass is 370 g/mol. The van der Waals surface area contributed by atoms with Gasteiger partial charge in [-0.25, -0.2) is 4.79 Å². The summed E-state index contributed by atoms with van der Waals surface area (Å²) in [7, 11) is 0. The molecule has 0 aromatic carbocycles. The van der Waals surface area contributed by atoms with E-state index in [9.17, 15) is 4.79 Å². The lowest BCUT2D eigenvalue weighted by Gasteiger charge is -2.29. The van der Waals surface area contributed by atoms with Crippen molar-refractivity contribution in [1.82, 2.24) is 10.5 Å². The summed E-state index contributed by atoms with van der Waals surface area (Å²) >= 11 is 0. The zero-order chi connectivity index (χ0) is 18.0. The van der Waals surface area contributed by atoms with Crippen LogP contribution in [0.15, 0.2) is 4.52 Å². The average molecular weight is 370 g/mol. The molecule has 2 atom stereocenters. The molecule has 5 fully saturated rings. The van der Waals surface area contributed by atoms with Crippen LogP contribution in [0.2, 0.25) is 0 Å². The molecule has 27 heavy (non-hydrogen) atoms. The molecule has 6 rings (SSSR count). The van der Waals surface area contributed by atoms with Crippen molar-refractivity contribution in [2.75, 3.05) is 0 Å². The number of nitrogens with one attached hydrogen (secondary N) is 1. The number of hydrogen-bond acceptors (Lipinski definition) is 5. The number of hydrogen-bond donors (Lipinski definition) is 1. The van der Waals surface area contributed by atoms with Crippen molar-refractivity contribution in [2.45, 2.75) is 107 Å². The first-order valence-corrected chi connectivity index (χ1v) is 11.2. The van der Waals surface area contributed by atoms with E-state index >= 15 is 0 Å². The fourth-order valence-electron chi connectivity index (χ4n) is 5.92. The third kappa shape index (κ3) is 3.02. The molecular formula is C22H30N2O3. The molecule has 0 amide bonds. The van der Waals surface area contributed by atoms with Gasteiger partial charge in [0.2, 0.25) is 0 Å². The molecule has 3 saturated carbocycles. The third-order valence-electron chi connectivity index (χ3n) is 7.99. The molecule has 5 heteroatoms. The lowest BCUT2D eigenvalue weighted by Crippen LogP contribution is -2.42. The molecule has 1 spiro atoms. The van der Waals surface area contributed by atoms with Crippen LogP contribution in [0.4, 0.5) is 0 Å². The normalized spacial score (nSPS) is 34.7. The summed E-state index contributed by atoms with van der Waals surface area (Å²) in [5.74, 6) is 1.42. The van der Waals surface area contributed by atoms with Crippen molar-refractivity contribution in [3.05, 3.63) is 17.0 Å². The van der Waals surface area contributed by atoms with Crippen LogP contribution in [-0.2, 0) is 4.74 Å². The number of aromatic nitrogens is 1. The largest absolute Gasteiger partial charge is 0.459 e. The Balaban J connectivity index is 1.22. The second-order valence-electron chi connectivity index (χ2n) is 9.99. The zero-order valence-corrected chi connectivity index (χ0v) is 16.0. The van der Waals surface area contributed by atoms with Gasteiger partial charge in [-0.3, -0.25) is 0 Å². The lowest BCUT2D eigenvalue weighted by molar-refractivity contribution is 0.0173. The molecule has 0 radical (unpaired) electrons. The van der Waals surface area contributed by atoms with E-state index in [4.69, 9.17) is 9.26 Å². The first-order chi connectivity index (χ1) is 13.2. The molecule has 3 aliphatic carbocycles. The van der Waals surface area contributed by atoms with E-state index in [1.165, 1.54) is 38.5 Å². The molecule has 2 unspecified atom stereocenters. The van der Waals surface area contributed by atoms with E-state index < -0.39 is 0 Å². The van der Waals surface area contributed by atoms with Gasteiger partial charge in [0.1, 0.15) is 17.4 Å². The maximum Gasteiger partial charge on any atom is 0.344 e. The van der Waals surface area contributed by atoms with Gasteiger partial charge in [-0.05, 0) is 82.5 Å². The predicted molar refractivity (Wildman–Crippen MR) is 99.7 cm³/mol. The predicted octanol–water partition coefficient (Wildman–Crippen LogP) is 4.43. The van der Waals surface area contributed by atoms with E-state index in [-0.39, 0.29) is 12.1 Å². The summed E-state index contributed by atoms with van der Waals surface area (Å²) in [6.07, 6.45) is 14.3. The van der Waals surface area contributed by atoms with Gasteiger partial charge in [0.15, 0.2) is 5.76 Å². The minimum atomic E-state index is -0.161. The Hall–Kier alpha value is -1.36. The summed E-state index contributed by atoms with van der Waals surface area (Å²) in [6.45, 7) is 0. The van der Waals surface area contributed by atoms with Crippen LogP contribution >= 0.6 is 0 Å². The highest BCUT2D eigenvalue weighted by Crippen LogP contribution is 2.59. The molecule has 2 aliphatic heterocycles. The van der Waals surface area contributed by atoms with E-state index in [1.54, 1.807) is 0 Å². The molecule has 2 saturated heterocycles. The summed E-state index contributed by atoms with van der Waals surface area (Å²) in [4.78, 5) is 13.2. The second kappa shape index (κ2) is 6.07. The van der Waals surface area contributed by atoms with Crippen LogP contribution in [0.5, 0.6) is 0 Å². The summed E-state index contributed by atoms with van der Waals surface area (Å²) < 4.78 is 11.8. The maximum absolute atomic E-state index is 13.2. The first-order valence-electron chi connectivity index (χ1n) is 11.2. The van der Waals surface area contributed by atoms with Crippen molar-refractivity contribution in [1.29, 1.82) is 0 Å². The van der Waals surface area contributed by atoms with Gasteiger partial charge in [0.05, 0.1) is 0 Å². The van der Waals surface area contributed by atoms with Gasteiger partial charge in [-0.15, -0.1) is 0 Å². The Kier molecular flexibility index (Phi) is 3.73. The Morgan fingerprint density at radius 1 is 0.963 bits per heavy atom. The molecule has 146 valence electrons. The van der Waals surface area contributed by atoms with Crippen LogP contribution in [0, 0.1) is 5.41 Å². The third-order valence-corrected chi connectivity index (χ3v) is 7.99. The number of carbonyl (C=O) groups is 1. The smallest absolute Gasteiger partial charge is 0.344 e. The van der Waals surface area contributed by atoms with E-state index in [0.29, 0.717) is 34.9 Å². The SMILES string of the molecule is O=C(OC1CC2CCC(C1)N2)c1c(C2CCC3(CC2)CC3)noc1C1CC1. The number of fused-ring (bicyclic) bond motifs is 2. The number of carbonyl (C=O) groups excluding carboxylic acids is 1. The van der Waals surface area contributed by atoms with Crippen molar-refractivity contribution < 1.29 is 14.1 Å². The van der Waals surface area contributed by atoms with Gasteiger partial charge in [-0.1, -0.05) is 5.16 Å². The Morgan fingerprint density at radius 2 is 1.67 bits per heavy atom. The van der Waals surface area contributed by atoms with Crippen molar-refractivity contribution in [3.8, 4) is 0 Å². The number of esters is 1. The Labute approximate surface area is 160 Å². The highest BCUT2D eigenvalue weighted by Gasteiger charge is 2.47. The molecule has 5 nitrogen and oxygen atoms in total. The van der Waals surface area contributed by atoms with Gasteiger partial charge in [0.25, 0.3) is 0 Å². The van der Waals surface area contributed by atoms with Crippen molar-refractivity contribution >= 4 is 5.97 Å². The van der Waals surface area contributed by atoms with Crippen LogP contribution in [-0.4, -0.2) is 29.3 Å². The highest BCUT2D eigenvalue weighted by atomic mass is 16.5. The molecule has 1 N–H and O–H groups in total. The summed E-state index contributed by atoms with van der Waals surface area (Å²) in [6, 6.07) is 1.05. The van der Waals surface area contributed by atoms with Crippen molar-refractivity contribution in [2.24, 2.45) is 5.41 Å². The fourth-order valence-corrected chi connectivity index (χ4v) is 5.92. The van der Waals surface area contributed by atoms with E-state index in [2.05, 4.69) is 10.5 Å². The van der Waals surface area contributed by atoms with Gasteiger partial charge < -0.3 is 14.6 Å². The summed E-state index contributed by atoms with van der Waals surface area (Å²) in [5, 5.41) is 8.06. The van der Waals surface area contributed by atoms with Crippen molar-refractivity contribution in [3.63, 3.8) is 0 Å². The maximum atomic E-state index is 13.2. The van der Waals surface area contributed by atoms with E-state index in [0.717, 1.165) is 50.0 Å². The van der Waals surface area contributed by atoms with Crippen LogP contribution in [0.1, 0.15) is 111 Å². The molecular weight excluding hydrogens is 340 g/mol. The lowest BCUT2D eigenvalue weighted by atomic mass is 9.77. The topological polar surface area (TPSA) is 64.4 Å². The molecule has 2 bridgehead atoms. The minimum absolute atomic E-state index is 0.0483. The quantitative estimate of drug-likeness (QED) is 0.794. The first kappa shape index (κ1) is 16.6. The molecule has 5 aliphatic rings. The molecule has 1 aromatic rings. The van der Waals surface area contributed by atoms with Gasteiger partial charge in [-0.2, -0.15) is 0 Å². The number of nitrogens with zero attached hydrogens (tertiary/aromatic N) is 1. The zero-order valence-electron chi connectivity index (χ0n) is 16.0. The van der Waals surface area contributed by atoms with Crippen LogP contribution < -0.4 is 5.32 Å². The average Bonchev–Trinajstić information content (AvgIpc) is 3.58. The second-order valence-corrected chi connectivity index (χ2v) is 9.99. The number of ether oxygens (including phenoxy) is 1. The van der Waals surface area contributed by atoms with Gasteiger partial charge in [0, 0.05) is 23.9 Å².